The van der Waals surface area contributed by atoms with Crippen molar-refractivity contribution in [3.05, 3.63) is 80.9 Å². The molecule has 0 radical (unpaired) electrons. The van der Waals surface area contributed by atoms with Crippen LogP contribution in [0, 0.1) is 6.92 Å². The predicted molar refractivity (Wildman–Crippen MR) is 124 cm³/mol. The van der Waals surface area contributed by atoms with Crippen LogP contribution in [0.25, 0.3) is 17.4 Å². The Morgan fingerprint density at radius 2 is 1.87 bits per heavy atom. The molecule has 2 heterocycles. The molecule has 2 aromatic carbocycles. The maximum atomic E-state index is 12.7. The van der Waals surface area contributed by atoms with E-state index in [-0.39, 0.29) is 24.3 Å². The molecular weight excluding hydrogens is 457 g/mol. The summed E-state index contributed by atoms with van der Waals surface area (Å²) in [4.78, 5) is 26.4. The number of amides is 2. The fraction of sp³-hybridized carbons (Fsp3) is 0.130. The summed E-state index contributed by atoms with van der Waals surface area (Å²) in [5.74, 6) is 1.23. The largest absolute Gasteiger partial charge is 0.490 e. The smallest absolute Gasteiger partial charge is 0.293 e. The zero-order chi connectivity index (χ0) is 22.0. The Hall–Kier alpha value is -2.67. The number of furan rings is 1. The molecule has 31 heavy (non-hydrogen) atoms. The standard InChI is InChI=1S/C23H17Cl2NO4S/c1-14-6-7-15(12-18(14)25)19-9-8-16(30-19)13-21-22(27)26(23(28)31-21)10-11-29-20-5-3-2-4-17(20)24/h2-9,12-13H,10-11H2,1H3/b21-13-. The van der Waals surface area contributed by atoms with Crippen molar-refractivity contribution in [2.75, 3.05) is 13.2 Å². The van der Waals surface area contributed by atoms with Crippen molar-refractivity contribution in [1.82, 2.24) is 4.90 Å². The van der Waals surface area contributed by atoms with Crippen LogP contribution in [-0.2, 0) is 4.79 Å². The number of carbonyl (C=O) groups is 2. The van der Waals surface area contributed by atoms with Gasteiger partial charge in [-0.05, 0) is 54.6 Å². The molecule has 8 heteroatoms. The Kier molecular flexibility index (Phi) is 6.41. The van der Waals surface area contributed by atoms with Gasteiger partial charge in [-0.3, -0.25) is 14.5 Å². The highest BCUT2D eigenvalue weighted by Crippen LogP contribution is 2.34. The number of hydrogen-bond donors (Lipinski definition) is 0. The molecule has 4 rings (SSSR count). The molecule has 1 aliphatic heterocycles. The van der Waals surface area contributed by atoms with Crippen LogP contribution < -0.4 is 4.74 Å². The van der Waals surface area contributed by atoms with Crippen molar-refractivity contribution in [2.24, 2.45) is 0 Å². The van der Waals surface area contributed by atoms with E-state index in [1.165, 1.54) is 0 Å². The summed E-state index contributed by atoms with van der Waals surface area (Å²) < 4.78 is 11.4. The number of thioether (sulfide) groups is 1. The molecule has 0 N–H and O–H groups in total. The number of ether oxygens (including phenoxy) is 1. The Morgan fingerprint density at radius 3 is 2.65 bits per heavy atom. The Balaban J connectivity index is 1.43. The average Bonchev–Trinajstić information content (AvgIpc) is 3.31. The normalized spacial score (nSPS) is 15.2. The van der Waals surface area contributed by atoms with Crippen LogP contribution in [0.15, 0.2) is 63.9 Å². The van der Waals surface area contributed by atoms with Gasteiger partial charge in [0.2, 0.25) is 0 Å². The van der Waals surface area contributed by atoms with Gasteiger partial charge in [-0.1, -0.05) is 47.5 Å². The molecule has 1 fully saturated rings. The van der Waals surface area contributed by atoms with Crippen molar-refractivity contribution in [3.8, 4) is 17.1 Å². The molecule has 0 aliphatic carbocycles. The number of imide groups is 1. The monoisotopic (exact) mass is 473 g/mol. The van der Waals surface area contributed by atoms with E-state index in [0.717, 1.165) is 27.8 Å². The zero-order valence-corrected chi connectivity index (χ0v) is 18.8. The van der Waals surface area contributed by atoms with Gasteiger partial charge < -0.3 is 9.15 Å². The fourth-order valence-electron chi connectivity index (χ4n) is 2.96. The molecule has 158 valence electrons. The van der Waals surface area contributed by atoms with Crippen LogP contribution >= 0.6 is 35.0 Å². The SMILES string of the molecule is Cc1ccc(-c2ccc(/C=C3\SC(=O)N(CCOc4ccccc4Cl)C3=O)o2)cc1Cl. The number of rotatable bonds is 6. The lowest BCUT2D eigenvalue weighted by atomic mass is 10.1. The van der Waals surface area contributed by atoms with Crippen LogP contribution in [0.5, 0.6) is 5.75 Å². The van der Waals surface area contributed by atoms with Crippen LogP contribution in [-0.4, -0.2) is 29.2 Å². The highest BCUT2D eigenvalue weighted by Gasteiger charge is 2.35. The van der Waals surface area contributed by atoms with Crippen LogP contribution in [0.4, 0.5) is 4.79 Å². The highest BCUT2D eigenvalue weighted by molar-refractivity contribution is 8.18. The molecule has 3 aromatic rings. The lowest BCUT2D eigenvalue weighted by molar-refractivity contribution is -0.123. The second kappa shape index (κ2) is 9.22. The van der Waals surface area contributed by atoms with E-state index in [1.54, 1.807) is 42.5 Å². The molecule has 0 spiro atoms. The first kappa shape index (κ1) is 21.6. The molecule has 1 aliphatic rings. The first-order valence-corrected chi connectivity index (χ1v) is 11.0. The summed E-state index contributed by atoms with van der Waals surface area (Å²) >= 11 is 13.1. The number of para-hydroxylation sites is 1. The summed E-state index contributed by atoms with van der Waals surface area (Å²) in [7, 11) is 0. The Morgan fingerprint density at radius 1 is 1.06 bits per heavy atom. The Labute approximate surface area is 193 Å². The van der Waals surface area contributed by atoms with Crippen molar-refractivity contribution >= 4 is 52.2 Å². The number of carbonyl (C=O) groups excluding carboxylic acids is 2. The van der Waals surface area contributed by atoms with Gasteiger partial charge in [-0.15, -0.1) is 0 Å². The minimum Gasteiger partial charge on any atom is -0.490 e. The lowest BCUT2D eigenvalue weighted by Gasteiger charge is -2.13. The van der Waals surface area contributed by atoms with E-state index < -0.39 is 0 Å². The molecule has 0 bridgehead atoms. The maximum Gasteiger partial charge on any atom is 0.293 e. The van der Waals surface area contributed by atoms with Gasteiger partial charge in [0.1, 0.15) is 23.9 Å². The van der Waals surface area contributed by atoms with E-state index in [2.05, 4.69) is 0 Å². The average molecular weight is 474 g/mol. The number of benzene rings is 2. The molecule has 2 amide bonds. The van der Waals surface area contributed by atoms with Crippen LogP contribution in [0.3, 0.4) is 0 Å². The molecular formula is C23H17Cl2NO4S. The summed E-state index contributed by atoms with van der Waals surface area (Å²) in [5.41, 5.74) is 1.81. The van der Waals surface area contributed by atoms with Crippen LogP contribution in [0.2, 0.25) is 10.0 Å². The minimum absolute atomic E-state index is 0.124. The topological polar surface area (TPSA) is 59.8 Å². The lowest BCUT2D eigenvalue weighted by Crippen LogP contribution is -2.32. The van der Waals surface area contributed by atoms with Gasteiger partial charge >= 0.3 is 0 Å². The number of aryl methyl sites for hydroxylation is 1. The number of halogens is 2. The second-order valence-corrected chi connectivity index (χ2v) is 8.59. The van der Waals surface area contributed by atoms with Gasteiger partial charge in [-0.25, -0.2) is 0 Å². The van der Waals surface area contributed by atoms with E-state index in [9.17, 15) is 9.59 Å². The van der Waals surface area contributed by atoms with Crippen molar-refractivity contribution < 1.29 is 18.7 Å². The summed E-state index contributed by atoms with van der Waals surface area (Å²) in [6, 6.07) is 16.2. The third-order valence-electron chi connectivity index (χ3n) is 4.64. The highest BCUT2D eigenvalue weighted by atomic mass is 35.5. The second-order valence-electron chi connectivity index (χ2n) is 6.78. The van der Waals surface area contributed by atoms with Crippen LogP contribution in [0.1, 0.15) is 11.3 Å². The molecule has 1 aromatic heterocycles. The van der Waals surface area contributed by atoms with E-state index in [4.69, 9.17) is 32.4 Å². The molecule has 0 unspecified atom stereocenters. The van der Waals surface area contributed by atoms with Gasteiger partial charge in [-0.2, -0.15) is 0 Å². The number of hydrogen-bond acceptors (Lipinski definition) is 5. The molecule has 1 saturated heterocycles. The van der Waals surface area contributed by atoms with Gasteiger partial charge in [0.15, 0.2) is 0 Å². The predicted octanol–water partition coefficient (Wildman–Crippen LogP) is 6.68. The maximum absolute atomic E-state index is 12.7. The first-order valence-electron chi connectivity index (χ1n) is 9.41. The third-order valence-corrected chi connectivity index (χ3v) is 6.27. The zero-order valence-electron chi connectivity index (χ0n) is 16.4. The van der Waals surface area contributed by atoms with Gasteiger partial charge in [0, 0.05) is 16.7 Å². The van der Waals surface area contributed by atoms with E-state index in [0.29, 0.717) is 32.2 Å². The fourth-order valence-corrected chi connectivity index (χ4v) is 4.18. The van der Waals surface area contributed by atoms with E-state index in [1.807, 2.05) is 25.1 Å². The Bertz CT molecular complexity index is 1190. The van der Waals surface area contributed by atoms with E-state index >= 15 is 0 Å². The molecule has 0 saturated carbocycles. The molecule has 0 atom stereocenters. The first-order chi connectivity index (χ1) is 14.9. The summed E-state index contributed by atoms with van der Waals surface area (Å²) in [5, 5.41) is 0.770. The van der Waals surface area contributed by atoms with Gasteiger partial charge in [0.05, 0.1) is 16.5 Å². The quantitative estimate of drug-likeness (QED) is 0.373. The summed E-state index contributed by atoms with van der Waals surface area (Å²) in [6.45, 7) is 2.20. The van der Waals surface area contributed by atoms with Crippen molar-refractivity contribution in [2.45, 2.75) is 6.92 Å². The van der Waals surface area contributed by atoms with Crippen molar-refractivity contribution in [3.63, 3.8) is 0 Å². The third kappa shape index (κ3) is 4.82. The van der Waals surface area contributed by atoms with Gasteiger partial charge in [0.25, 0.3) is 11.1 Å². The van der Waals surface area contributed by atoms with Crippen molar-refractivity contribution in [1.29, 1.82) is 0 Å². The number of nitrogens with zero attached hydrogens (tertiary/aromatic N) is 1. The summed E-state index contributed by atoms with van der Waals surface area (Å²) in [6.07, 6.45) is 1.57. The minimum atomic E-state index is -0.380. The molecule has 5 nitrogen and oxygen atoms in total.